The van der Waals surface area contributed by atoms with Crippen LogP contribution in [0.3, 0.4) is 0 Å². The molecular formula is C15H14ClN3S. The second kappa shape index (κ2) is 5.38. The Morgan fingerprint density at radius 2 is 2.10 bits per heavy atom. The van der Waals surface area contributed by atoms with Gasteiger partial charge in [-0.25, -0.2) is 9.97 Å². The molecule has 0 unspecified atom stereocenters. The van der Waals surface area contributed by atoms with E-state index in [1.165, 1.54) is 4.88 Å². The third-order valence-corrected chi connectivity index (χ3v) is 4.15. The summed E-state index contributed by atoms with van der Waals surface area (Å²) >= 11 is 7.71. The van der Waals surface area contributed by atoms with Gasteiger partial charge in [0, 0.05) is 22.0 Å². The summed E-state index contributed by atoms with van der Waals surface area (Å²) < 4.78 is 0. The van der Waals surface area contributed by atoms with Crippen LogP contribution >= 0.6 is 22.9 Å². The first-order chi connectivity index (χ1) is 9.65. The maximum atomic E-state index is 6.02. The van der Waals surface area contributed by atoms with E-state index < -0.39 is 0 Å². The highest BCUT2D eigenvalue weighted by Gasteiger charge is 2.10. The molecule has 0 radical (unpaired) electrons. The smallest absolute Gasteiger partial charge is 0.142 e. The number of benzene rings is 1. The SMILES string of the molecule is CCc1nc(Nc2cccc(Cl)c2)c2cc(C)sc2n1. The quantitative estimate of drug-likeness (QED) is 0.743. The minimum absolute atomic E-state index is 0.706. The Labute approximate surface area is 126 Å². The van der Waals surface area contributed by atoms with Gasteiger partial charge in [0.2, 0.25) is 0 Å². The zero-order valence-corrected chi connectivity index (χ0v) is 12.8. The lowest BCUT2D eigenvalue weighted by atomic mass is 10.3. The summed E-state index contributed by atoms with van der Waals surface area (Å²) in [7, 11) is 0. The molecule has 1 aromatic carbocycles. The largest absolute Gasteiger partial charge is 0.340 e. The van der Waals surface area contributed by atoms with Gasteiger partial charge in [0.15, 0.2) is 0 Å². The van der Waals surface area contributed by atoms with E-state index in [-0.39, 0.29) is 0 Å². The van der Waals surface area contributed by atoms with Crippen molar-refractivity contribution in [2.75, 3.05) is 5.32 Å². The fraction of sp³-hybridized carbons (Fsp3) is 0.200. The van der Waals surface area contributed by atoms with Crippen LogP contribution in [0.25, 0.3) is 10.2 Å². The molecule has 0 spiro atoms. The van der Waals surface area contributed by atoms with Gasteiger partial charge in [-0.3, -0.25) is 0 Å². The number of nitrogens with one attached hydrogen (secondary N) is 1. The van der Waals surface area contributed by atoms with Crippen LogP contribution in [0.15, 0.2) is 30.3 Å². The van der Waals surface area contributed by atoms with Gasteiger partial charge in [0.05, 0.1) is 5.39 Å². The van der Waals surface area contributed by atoms with E-state index in [2.05, 4.69) is 35.2 Å². The normalized spacial score (nSPS) is 10.9. The van der Waals surface area contributed by atoms with Crippen molar-refractivity contribution in [3.8, 4) is 0 Å². The monoisotopic (exact) mass is 303 g/mol. The van der Waals surface area contributed by atoms with Gasteiger partial charge < -0.3 is 5.32 Å². The molecule has 0 atom stereocenters. The third kappa shape index (κ3) is 2.62. The number of anilines is 2. The highest BCUT2D eigenvalue weighted by molar-refractivity contribution is 7.18. The molecular weight excluding hydrogens is 290 g/mol. The van der Waals surface area contributed by atoms with E-state index in [9.17, 15) is 0 Å². The first kappa shape index (κ1) is 13.3. The summed E-state index contributed by atoms with van der Waals surface area (Å²) in [6.07, 6.45) is 0.817. The lowest BCUT2D eigenvalue weighted by Crippen LogP contribution is -1.99. The van der Waals surface area contributed by atoms with Gasteiger partial charge in [-0.15, -0.1) is 11.3 Å². The van der Waals surface area contributed by atoms with Crippen molar-refractivity contribution < 1.29 is 0 Å². The van der Waals surface area contributed by atoms with E-state index >= 15 is 0 Å². The van der Waals surface area contributed by atoms with Crippen molar-refractivity contribution in [1.82, 2.24) is 9.97 Å². The summed E-state index contributed by atoms with van der Waals surface area (Å²) in [5.41, 5.74) is 0.934. The van der Waals surface area contributed by atoms with Crippen LogP contribution < -0.4 is 5.32 Å². The van der Waals surface area contributed by atoms with Crippen LogP contribution in [0.4, 0.5) is 11.5 Å². The summed E-state index contributed by atoms with van der Waals surface area (Å²) in [5.74, 6) is 1.70. The standard InChI is InChI=1S/C15H14ClN3S/c1-3-13-18-14(12-7-9(2)20-15(12)19-13)17-11-6-4-5-10(16)8-11/h4-8H,3H2,1-2H3,(H,17,18,19). The molecule has 0 saturated carbocycles. The number of nitrogens with zero attached hydrogens (tertiary/aromatic N) is 2. The Morgan fingerprint density at radius 1 is 1.25 bits per heavy atom. The molecule has 2 aromatic heterocycles. The molecule has 20 heavy (non-hydrogen) atoms. The van der Waals surface area contributed by atoms with Crippen LogP contribution in [0, 0.1) is 6.92 Å². The van der Waals surface area contributed by atoms with Gasteiger partial charge in [0.1, 0.15) is 16.5 Å². The third-order valence-electron chi connectivity index (χ3n) is 2.97. The number of hydrogen-bond acceptors (Lipinski definition) is 4. The molecule has 3 rings (SSSR count). The molecule has 0 amide bonds. The second-order valence-corrected chi connectivity index (χ2v) is 6.22. The summed E-state index contributed by atoms with van der Waals surface area (Å²) in [4.78, 5) is 11.4. The average Bonchev–Trinajstić information content (AvgIpc) is 2.79. The van der Waals surface area contributed by atoms with E-state index in [1.54, 1.807) is 11.3 Å². The van der Waals surface area contributed by atoms with Crippen molar-refractivity contribution in [2.45, 2.75) is 20.3 Å². The first-order valence-corrected chi connectivity index (χ1v) is 7.65. The molecule has 2 heterocycles. The van der Waals surface area contributed by atoms with Crippen LogP contribution in [0.2, 0.25) is 5.02 Å². The number of hydrogen-bond donors (Lipinski definition) is 1. The molecule has 3 nitrogen and oxygen atoms in total. The van der Waals surface area contributed by atoms with Crippen LogP contribution in [-0.4, -0.2) is 9.97 Å². The van der Waals surface area contributed by atoms with Crippen molar-refractivity contribution >= 4 is 44.7 Å². The number of fused-ring (bicyclic) bond motifs is 1. The Bertz CT molecular complexity index is 767. The van der Waals surface area contributed by atoms with E-state index in [0.717, 1.165) is 34.0 Å². The van der Waals surface area contributed by atoms with Gasteiger partial charge in [0.25, 0.3) is 0 Å². The maximum Gasteiger partial charge on any atom is 0.142 e. The van der Waals surface area contributed by atoms with Gasteiger partial charge in [-0.1, -0.05) is 24.6 Å². The van der Waals surface area contributed by atoms with Crippen molar-refractivity contribution in [3.05, 3.63) is 46.1 Å². The summed E-state index contributed by atoms with van der Waals surface area (Å²) in [5, 5.41) is 5.11. The molecule has 3 aromatic rings. The van der Waals surface area contributed by atoms with Gasteiger partial charge in [-0.05, 0) is 31.2 Å². The van der Waals surface area contributed by atoms with Crippen molar-refractivity contribution in [2.24, 2.45) is 0 Å². The van der Waals surface area contributed by atoms with E-state index in [1.807, 2.05) is 24.3 Å². The van der Waals surface area contributed by atoms with E-state index in [0.29, 0.717) is 5.02 Å². The molecule has 0 fully saturated rings. The molecule has 0 bridgehead atoms. The first-order valence-electron chi connectivity index (χ1n) is 6.45. The van der Waals surface area contributed by atoms with E-state index in [4.69, 9.17) is 11.6 Å². The average molecular weight is 304 g/mol. The second-order valence-electron chi connectivity index (χ2n) is 4.55. The molecule has 0 saturated heterocycles. The fourth-order valence-corrected chi connectivity index (χ4v) is 3.13. The summed E-state index contributed by atoms with van der Waals surface area (Å²) in [6.45, 7) is 4.14. The molecule has 5 heteroatoms. The maximum absolute atomic E-state index is 6.02. The number of halogens is 1. The number of aromatic nitrogens is 2. The number of thiophene rings is 1. The topological polar surface area (TPSA) is 37.8 Å². The Morgan fingerprint density at radius 3 is 2.85 bits per heavy atom. The summed E-state index contributed by atoms with van der Waals surface area (Å²) in [6, 6.07) is 9.76. The number of rotatable bonds is 3. The molecule has 0 aliphatic heterocycles. The Kier molecular flexibility index (Phi) is 3.59. The molecule has 0 aliphatic carbocycles. The van der Waals surface area contributed by atoms with Crippen LogP contribution in [0.1, 0.15) is 17.6 Å². The zero-order chi connectivity index (χ0) is 14.1. The molecule has 102 valence electrons. The van der Waals surface area contributed by atoms with Gasteiger partial charge in [-0.2, -0.15) is 0 Å². The predicted octanol–water partition coefficient (Wildman–Crippen LogP) is 4.96. The Hall–Kier alpha value is -1.65. The minimum Gasteiger partial charge on any atom is -0.340 e. The molecule has 1 N–H and O–H groups in total. The zero-order valence-electron chi connectivity index (χ0n) is 11.3. The highest BCUT2D eigenvalue weighted by atomic mass is 35.5. The predicted molar refractivity (Wildman–Crippen MR) is 86.3 cm³/mol. The lowest BCUT2D eigenvalue weighted by Gasteiger charge is -2.08. The fourth-order valence-electron chi connectivity index (χ4n) is 2.04. The van der Waals surface area contributed by atoms with Gasteiger partial charge >= 0.3 is 0 Å². The van der Waals surface area contributed by atoms with Crippen LogP contribution in [0.5, 0.6) is 0 Å². The van der Waals surface area contributed by atoms with Crippen LogP contribution in [-0.2, 0) is 6.42 Å². The molecule has 0 aliphatic rings. The lowest BCUT2D eigenvalue weighted by molar-refractivity contribution is 0.967. The van der Waals surface area contributed by atoms with Crippen molar-refractivity contribution in [1.29, 1.82) is 0 Å². The minimum atomic E-state index is 0.706. The van der Waals surface area contributed by atoms with Crippen molar-refractivity contribution in [3.63, 3.8) is 0 Å². The number of aryl methyl sites for hydroxylation is 2. The Balaban J connectivity index is 2.09. The highest BCUT2D eigenvalue weighted by Crippen LogP contribution is 2.30.